The lowest BCUT2D eigenvalue weighted by atomic mass is 10.0. The number of carbonyl (C=O) groups excluding carboxylic acids is 2. The number of nitrogens with one attached hydrogen (secondary N) is 1. The Bertz CT molecular complexity index is 1070. The topological polar surface area (TPSA) is 81.4 Å². The van der Waals surface area contributed by atoms with Crippen LogP contribution in [-0.4, -0.2) is 23.1 Å². The molecule has 6 heteroatoms. The molecule has 4 rings (SSSR count). The maximum absolute atomic E-state index is 11.5. The van der Waals surface area contributed by atoms with Gasteiger partial charge >= 0.3 is 6.09 Å². The van der Waals surface area contributed by atoms with E-state index in [-0.39, 0.29) is 5.91 Å². The third-order valence-electron chi connectivity index (χ3n) is 4.98. The molecule has 0 radical (unpaired) electrons. The number of hydrogen-bond acceptors (Lipinski definition) is 5. The van der Waals surface area contributed by atoms with E-state index in [9.17, 15) is 9.59 Å². The number of nitrogens with zero attached hydrogens (tertiary/aromatic N) is 1. The van der Waals surface area contributed by atoms with Crippen LogP contribution in [0.2, 0.25) is 0 Å². The van der Waals surface area contributed by atoms with Gasteiger partial charge in [-0.3, -0.25) is 10.1 Å². The monoisotopic (exact) mass is 402 g/mol. The molecule has 30 heavy (non-hydrogen) atoms. The van der Waals surface area contributed by atoms with E-state index >= 15 is 0 Å². The van der Waals surface area contributed by atoms with E-state index in [0.29, 0.717) is 25.2 Å². The predicted molar refractivity (Wildman–Crippen MR) is 113 cm³/mol. The van der Waals surface area contributed by atoms with Crippen molar-refractivity contribution >= 4 is 18.1 Å². The van der Waals surface area contributed by atoms with Crippen LogP contribution in [0.15, 0.2) is 65.1 Å². The fourth-order valence-electron chi connectivity index (χ4n) is 3.30. The van der Waals surface area contributed by atoms with E-state index in [1.165, 1.54) is 0 Å². The molecule has 1 fully saturated rings. The number of aryl methyl sites for hydroxylation is 2. The van der Waals surface area contributed by atoms with Gasteiger partial charge in [-0.1, -0.05) is 54.6 Å². The van der Waals surface area contributed by atoms with Crippen molar-refractivity contribution in [1.82, 2.24) is 10.3 Å². The summed E-state index contributed by atoms with van der Waals surface area (Å²) in [5, 5.41) is 2.14. The molecule has 1 saturated heterocycles. The lowest BCUT2D eigenvalue weighted by Crippen LogP contribution is -2.24. The molecule has 1 aromatic heterocycles. The summed E-state index contributed by atoms with van der Waals surface area (Å²) < 4.78 is 10.7. The molecule has 3 aromatic rings. The summed E-state index contributed by atoms with van der Waals surface area (Å²) in [5.74, 6) is 1.10. The van der Waals surface area contributed by atoms with Crippen LogP contribution in [0.1, 0.15) is 29.0 Å². The van der Waals surface area contributed by atoms with E-state index in [1.807, 2.05) is 67.6 Å². The van der Waals surface area contributed by atoms with Gasteiger partial charge in [0.15, 0.2) is 6.10 Å². The van der Waals surface area contributed by atoms with E-state index < -0.39 is 12.2 Å². The van der Waals surface area contributed by atoms with Crippen LogP contribution in [0.3, 0.4) is 0 Å². The fraction of sp³-hybridized carbons (Fsp3) is 0.208. The SMILES string of the molecule is Cc1oc(-c2ccccc2)nc1C/C=C/c1ccc(CCC2OC(=O)NC2=O)cc1. The molecule has 1 unspecified atom stereocenters. The number of allylic oxidation sites excluding steroid dienone is 1. The van der Waals surface area contributed by atoms with Gasteiger partial charge in [-0.25, -0.2) is 9.78 Å². The Morgan fingerprint density at radius 3 is 2.53 bits per heavy atom. The normalized spacial score (nSPS) is 16.1. The Balaban J connectivity index is 1.32. The van der Waals surface area contributed by atoms with Crippen molar-refractivity contribution in [2.45, 2.75) is 32.3 Å². The van der Waals surface area contributed by atoms with Crippen molar-refractivity contribution in [1.29, 1.82) is 0 Å². The highest BCUT2D eigenvalue weighted by Gasteiger charge is 2.31. The number of imide groups is 1. The van der Waals surface area contributed by atoms with Gasteiger partial charge in [0, 0.05) is 12.0 Å². The highest BCUT2D eigenvalue weighted by Crippen LogP contribution is 2.22. The summed E-state index contributed by atoms with van der Waals surface area (Å²) in [6, 6.07) is 17.9. The van der Waals surface area contributed by atoms with Crippen LogP contribution < -0.4 is 5.32 Å². The highest BCUT2D eigenvalue weighted by atomic mass is 16.6. The Kier molecular flexibility index (Phi) is 5.75. The molecule has 1 atom stereocenters. The van der Waals surface area contributed by atoms with Crippen LogP contribution in [0.5, 0.6) is 0 Å². The zero-order valence-electron chi connectivity index (χ0n) is 16.6. The van der Waals surface area contributed by atoms with Crippen molar-refractivity contribution < 1.29 is 18.7 Å². The molecule has 1 aliphatic rings. The van der Waals surface area contributed by atoms with Crippen molar-refractivity contribution in [2.24, 2.45) is 0 Å². The van der Waals surface area contributed by atoms with Crippen molar-refractivity contribution in [3.63, 3.8) is 0 Å². The molecule has 2 aromatic carbocycles. The molecule has 152 valence electrons. The van der Waals surface area contributed by atoms with Gasteiger partial charge in [0.25, 0.3) is 5.91 Å². The van der Waals surface area contributed by atoms with Crippen molar-refractivity contribution in [3.8, 4) is 11.5 Å². The van der Waals surface area contributed by atoms with Crippen LogP contribution in [0.25, 0.3) is 17.5 Å². The second-order valence-electron chi connectivity index (χ2n) is 7.16. The third-order valence-corrected chi connectivity index (χ3v) is 4.98. The highest BCUT2D eigenvalue weighted by molar-refractivity contribution is 5.99. The molecule has 1 N–H and O–H groups in total. The minimum Gasteiger partial charge on any atom is -0.441 e. The third kappa shape index (κ3) is 4.66. The Morgan fingerprint density at radius 1 is 1.07 bits per heavy atom. The largest absolute Gasteiger partial charge is 0.441 e. The van der Waals surface area contributed by atoms with Gasteiger partial charge in [0.05, 0.1) is 5.69 Å². The number of amides is 2. The van der Waals surface area contributed by atoms with Crippen LogP contribution in [0, 0.1) is 6.92 Å². The fourth-order valence-corrected chi connectivity index (χ4v) is 3.30. The standard InChI is InChI=1S/C24H22N2O4/c1-16-20(25-23(29-16)19-7-3-2-4-8-19)9-5-6-17-10-12-18(13-11-17)14-15-21-22(27)26-24(28)30-21/h2-8,10-13,21H,9,14-15H2,1H3,(H,26,27,28)/b6-5+. The number of hydrogen-bond donors (Lipinski definition) is 1. The number of rotatable bonds is 7. The molecule has 2 heterocycles. The molecule has 6 nitrogen and oxygen atoms in total. The Morgan fingerprint density at radius 2 is 1.83 bits per heavy atom. The number of aromatic nitrogens is 1. The molecule has 0 spiro atoms. The zero-order chi connectivity index (χ0) is 20.9. The van der Waals surface area contributed by atoms with E-state index in [1.54, 1.807) is 0 Å². The molecule has 0 saturated carbocycles. The summed E-state index contributed by atoms with van der Waals surface area (Å²) in [6.45, 7) is 1.93. The predicted octanol–water partition coefficient (Wildman–Crippen LogP) is 4.47. The average molecular weight is 402 g/mol. The lowest BCUT2D eigenvalue weighted by molar-refractivity contribution is -0.123. The van der Waals surface area contributed by atoms with Crippen LogP contribution in [0.4, 0.5) is 4.79 Å². The second-order valence-corrected chi connectivity index (χ2v) is 7.16. The molecule has 0 aliphatic carbocycles. The number of benzene rings is 2. The molecule has 1 aliphatic heterocycles. The van der Waals surface area contributed by atoms with Gasteiger partial charge in [-0.2, -0.15) is 0 Å². The summed E-state index contributed by atoms with van der Waals surface area (Å²) in [4.78, 5) is 27.2. The first kappa shape index (κ1) is 19.6. The minimum atomic E-state index is -0.691. The second kappa shape index (κ2) is 8.78. The number of carbonyl (C=O) groups is 2. The molecular weight excluding hydrogens is 380 g/mol. The van der Waals surface area contributed by atoms with Crippen LogP contribution in [-0.2, 0) is 22.4 Å². The first-order valence-electron chi connectivity index (χ1n) is 9.87. The number of ether oxygens (including phenoxy) is 1. The summed E-state index contributed by atoms with van der Waals surface area (Å²) in [5.41, 5.74) is 4.05. The molecule has 0 bridgehead atoms. The van der Waals surface area contributed by atoms with Crippen LogP contribution >= 0.6 is 0 Å². The van der Waals surface area contributed by atoms with E-state index in [2.05, 4.69) is 16.4 Å². The quantitative estimate of drug-likeness (QED) is 0.630. The Labute approximate surface area is 174 Å². The summed E-state index contributed by atoms with van der Waals surface area (Å²) in [7, 11) is 0. The van der Waals surface area contributed by atoms with Gasteiger partial charge in [0.1, 0.15) is 5.76 Å². The van der Waals surface area contributed by atoms with E-state index in [4.69, 9.17) is 9.15 Å². The average Bonchev–Trinajstić information content (AvgIpc) is 3.29. The van der Waals surface area contributed by atoms with E-state index in [0.717, 1.165) is 28.1 Å². The summed E-state index contributed by atoms with van der Waals surface area (Å²) >= 11 is 0. The Hall–Kier alpha value is -3.67. The van der Waals surface area contributed by atoms with Gasteiger partial charge < -0.3 is 9.15 Å². The van der Waals surface area contributed by atoms with Crippen molar-refractivity contribution in [3.05, 3.63) is 83.3 Å². The first-order chi connectivity index (χ1) is 14.6. The number of alkyl carbamates (subject to hydrolysis) is 1. The smallest absolute Gasteiger partial charge is 0.414 e. The van der Waals surface area contributed by atoms with Gasteiger partial charge in [0.2, 0.25) is 5.89 Å². The maximum Gasteiger partial charge on any atom is 0.414 e. The maximum atomic E-state index is 11.5. The first-order valence-corrected chi connectivity index (χ1v) is 9.87. The molecular formula is C24H22N2O4. The minimum absolute atomic E-state index is 0.363. The number of cyclic esters (lactones) is 1. The lowest BCUT2D eigenvalue weighted by Gasteiger charge is -2.06. The molecule has 2 amide bonds. The number of oxazole rings is 1. The summed E-state index contributed by atoms with van der Waals surface area (Å²) in [6.07, 6.45) is 4.58. The van der Waals surface area contributed by atoms with Crippen molar-refractivity contribution in [2.75, 3.05) is 0 Å². The van der Waals surface area contributed by atoms with Gasteiger partial charge in [-0.15, -0.1) is 0 Å². The zero-order valence-corrected chi connectivity index (χ0v) is 16.6. The van der Waals surface area contributed by atoms with Gasteiger partial charge in [-0.05, 0) is 43.0 Å².